The first-order valence-electron chi connectivity index (χ1n) is 6.61. The van der Waals surface area contributed by atoms with Crippen LogP contribution in [0.15, 0.2) is 4.99 Å². The Balaban J connectivity index is 1.95. The predicted molar refractivity (Wildman–Crippen MR) is 67.5 cm³/mol. The molecule has 0 radical (unpaired) electrons. The van der Waals surface area contributed by atoms with Gasteiger partial charge in [-0.1, -0.05) is 6.92 Å². The Bertz CT molecular complexity index is 243. The second kappa shape index (κ2) is 5.53. The van der Waals surface area contributed by atoms with Gasteiger partial charge in [-0.25, -0.2) is 0 Å². The summed E-state index contributed by atoms with van der Waals surface area (Å²) in [5.41, 5.74) is 5.96. The van der Waals surface area contributed by atoms with Crippen molar-refractivity contribution in [1.29, 1.82) is 0 Å². The quantitative estimate of drug-likeness (QED) is 0.750. The molecule has 3 N–H and O–H groups in total. The molecular weight excluding hydrogens is 200 g/mol. The minimum Gasteiger partial charge on any atom is -0.354 e. The van der Waals surface area contributed by atoms with E-state index in [4.69, 9.17) is 5.73 Å². The van der Waals surface area contributed by atoms with Crippen molar-refractivity contribution in [1.82, 2.24) is 10.2 Å². The highest BCUT2D eigenvalue weighted by Gasteiger charge is 2.26. The first-order chi connectivity index (χ1) is 7.81. The summed E-state index contributed by atoms with van der Waals surface area (Å²) in [5.74, 6) is 1.13. The van der Waals surface area contributed by atoms with Crippen LogP contribution >= 0.6 is 0 Å². The molecule has 0 aromatic carbocycles. The molecule has 0 unspecified atom stereocenters. The molecule has 0 amide bonds. The van der Waals surface area contributed by atoms with Gasteiger partial charge in [-0.2, -0.15) is 0 Å². The summed E-state index contributed by atoms with van der Waals surface area (Å²) in [6.45, 7) is 5.28. The SMILES string of the molecule is CCCN(C1=NCCN1)C1CCC(N)CC1. The van der Waals surface area contributed by atoms with Gasteiger partial charge >= 0.3 is 0 Å². The largest absolute Gasteiger partial charge is 0.354 e. The summed E-state index contributed by atoms with van der Waals surface area (Å²) in [6, 6.07) is 1.09. The zero-order valence-electron chi connectivity index (χ0n) is 10.3. The van der Waals surface area contributed by atoms with E-state index in [0.717, 1.165) is 38.4 Å². The molecule has 1 fully saturated rings. The minimum atomic E-state index is 0.429. The van der Waals surface area contributed by atoms with Gasteiger partial charge in [0, 0.05) is 25.2 Å². The maximum absolute atomic E-state index is 5.96. The van der Waals surface area contributed by atoms with Crippen molar-refractivity contribution in [2.24, 2.45) is 10.7 Å². The van der Waals surface area contributed by atoms with Crippen LogP contribution in [0.25, 0.3) is 0 Å². The van der Waals surface area contributed by atoms with Gasteiger partial charge in [0.05, 0.1) is 6.54 Å². The number of nitrogens with zero attached hydrogens (tertiary/aromatic N) is 2. The third-order valence-corrected chi connectivity index (χ3v) is 3.58. The van der Waals surface area contributed by atoms with E-state index in [9.17, 15) is 0 Å². The lowest BCUT2D eigenvalue weighted by molar-refractivity contribution is 0.227. The molecule has 4 heteroatoms. The number of aliphatic imine (C=N–C) groups is 1. The van der Waals surface area contributed by atoms with Gasteiger partial charge in [0.15, 0.2) is 5.96 Å². The summed E-state index contributed by atoms with van der Waals surface area (Å²) in [7, 11) is 0. The Kier molecular flexibility index (Phi) is 4.04. The molecule has 2 rings (SSSR count). The normalized spacial score (nSPS) is 29.8. The molecule has 16 heavy (non-hydrogen) atoms. The zero-order chi connectivity index (χ0) is 11.4. The number of hydrogen-bond donors (Lipinski definition) is 2. The molecule has 1 saturated carbocycles. The average Bonchev–Trinajstić information content (AvgIpc) is 2.81. The van der Waals surface area contributed by atoms with Crippen LogP contribution in [0.1, 0.15) is 39.0 Å². The third-order valence-electron chi connectivity index (χ3n) is 3.58. The number of nitrogens with one attached hydrogen (secondary N) is 1. The number of nitrogens with two attached hydrogens (primary N) is 1. The van der Waals surface area contributed by atoms with Crippen molar-refractivity contribution in [3.8, 4) is 0 Å². The summed E-state index contributed by atoms with van der Waals surface area (Å²) >= 11 is 0. The van der Waals surface area contributed by atoms with Crippen molar-refractivity contribution in [3.63, 3.8) is 0 Å². The van der Waals surface area contributed by atoms with Crippen molar-refractivity contribution < 1.29 is 0 Å². The zero-order valence-corrected chi connectivity index (χ0v) is 10.3. The van der Waals surface area contributed by atoms with Crippen molar-refractivity contribution in [2.75, 3.05) is 19.6 Å². The molecule has 0 aromatic rings. The summed E-state index contributed by atoms with van der Waals surface area (Å²) in [6.07, 6.45) is 5.96. The van der Waals surface area contributed by atoms with Crippen LogP contribution in [0.4, 0.5) is 0 Å². The fourth-order valence-corrected chi connectivity index (χ4v) is 2.69. The number of guanidine groups is 1. The second-order valence-corrected chi connectivity index (χ2v) is 4.89. The Morgan fingerprint density at radius 3 is 2.69 bits per heavy atom. The lowest BCUT2D eigenvalue weighted by Crippen LogP contribution is -2.48. The van der Waals surface area contributed by atoms with Crippen molar-refractivity contribution in [3.05, 3.63) is 0 Å². The van der Waals surface area contributed by atoms with E-state index in [0.29, 0.717) is 12.1 Å². The first-order valence-corrected chi connectivity index (χ1v) is 6.61. The summed E-state index contributed by atoms with van der Waals surface area (Å²) in [5, 5.41) is 3.39. The fraction of sp³-hybridized carbons (Fsp3) is 0.917. The maximum atomic E-state index is 5.96. The maximum Gasteiger partial charge on any atom is 0.194 e. The van der Waals surface area contributed by atoms with Crippen LogP contribution in [0.5, 0.6) is 0 Å². The van der Waals surface area contributed by atoms with Crippen molar-refractivity contribution >= 4 is 5.96 Å². The molecule has 1 aliphatic heterocycles. The Morgan fingerprint density at radius 1 is 1.38 bits per heavy atom. The minimum absolute atomic E-state index is 0.429. The molecule has 0 bridgehead atoms. The van der Waals surface area contributed by atoms with E-state index in [2.05, 4.69) is 22.1 Å². The molecule has 1 aliphatic carbocycles. The number of rotatable bonds is 3. The van der Waals surface area contributed by atoms with E-state index < -0.39 is 0 Å². The Morgan fingerprint density at radius 2 is 2.12 bits per heavy atom. The monoisotopic (exact) mass is 224 g/mol. The second-order valence-electron chi connectivity index (χ2n) is 4.89. The predicted octanol–water partition coefficient (Wildman–Crippen LogP) is 0.927. The standard InChI is InChI=1S/C12H24N4/c1-2-9-16(12-14-7-8-15-12)11-5-3-10(13)4-6-11/h10-11H,2-9,13H2,1H3,(H,14,15). The lowest BCUT2D eigenvalue weighted by Gasteiger charge is -2.37. The molecule has 0 spiro atoms. The summed E-state index contributed by atoms with van der Waals surface area (Å²) < 4.78 is 0. The van der Waals surface area contributed by atoms with Crippen molar-refractivity contribution in [2.45, 2.75) is 51.1 Å². The molecule has 0 saturated heterocycles. The molecule has 4 nitrogen and oxygen atoms in total. The molecule has 2 aliphatic rings. The van der Waals surface area contributed by atoms with Gasteiger partial charge in [-0.05, 0) is 32.1 Å². The van der Waals surface area contributed by atoms with Crippen LogP contribution in [-0.2, 0) is 0 Å². The highest BCUT2D eigenvalue weighted by atomic mass is 15.3. The Labute approximate surface area is 98.3 Å². The molecule has 1 heterocycles. The van der Waals surface area contributed by atoms with Gasteiger partial charge in [-0.15, -0.1) is 0 Å². The van der Waals surface area contributed by atoms with Gasteiger partial charge in [-0.3, -0.25) is 4.99 Å². The first kappa shape index (κ1) is 11.7. The molecule has 92 valence electrons. The van der Waals surface area contributed by atoms with Gasteiger partial charge in [0.1, 0.15) is 0 Å². The van der Waals surface area contributed by atoms with Crippen LogP contribution in [0, 0.1) is 0 Å². The highest BCUT2D eigenvalue weighted by molar-refractivity contribution is 5.81. The summed E-state index contributed by atoms with van der Waals surface area (Å²) in [4.78, 5) is 7.02. The van der Waals surface area contributed by atoms with E-state index >= 15 is 0 Å². The van der Waals surface area contributed by atoms with Crippen LogP contribution in [-0.4, -0.2) is 42.6 Å². The average molecular weight is 224 g/mol. The smallest absolute Gasteiger partial charge is 0.194 e. The number of hydrogen-bond acceptors (Lipinski definition) is 4. The van der Waals surface area contributed by atoms with E-state index in [1.165, 1.54) is 19.3 Å². The Hall–Kier alpha value is -0.770. The van der Waals surface area contributed by atoms with Gasteiger partial charge < -0.3 is 16.0 Å². The van der Waals surface area contributed by atoms with Crippen LogP contribution < -0.4 is 11.1 Å². The molecular formula is C12H24N4. The van der Waals surface area contributed by atoms with Crippen LogP contribution in [0.3, 0.4) is 0 Å². The van der Waals surface area contributed by atoms with Gasteiger partial charge in [0.2, 0.25) is 0 Å². The fourth-order valence-electron chi connectivity index (χ4n) is 2.69. The third kappa shape index (κ3) is 2.67. The van der Waals surface area contributed by atoms with E-state index in [1.807, 2.05) is 0 Å². The molecule has 0 atom stereocenters. The van der Waals surface area contributed by atoms with E-state index in [1.54, 1.807) is 0 Å². The highest BCUT2D eigenvalue weighted by Crippen LogP contribution is 2.22. The van der Waals surface area contributed by atoms with Crippen LogP contribution in [0.2, 0.25) is 0 Å². The topological polar surface area (TPSA) is 53.6 Å². The molecule has 0 aromatic heterocycles. The lowest BCUT2D eigenvalue weighted by atomic mass is 9.91. The van der Waals surface area contributed by atoms with Gasteiger partial charge in [0.25, 0.3) is 0 Å². The van der Waals surface area contributed by atoms with E-state index in [-0.39, 0.29) is 0 Å².